The first-order valence-electron chi connectivity index (χ1n) is 9.53. The summed E-state index contributed by atoms with van der Waals surface area (Å²) in [5.41, 5.74) is 0.543. The molecule has 3 saturated carbocycles. The first kappa shape index (κ1) is 18.9. The molecule has 0 N–H and O–H groups in total. The molecule has 0 heterocycles. The Morgan fingerprint density at radius 3 is 2.27 bits per heavy atom. The van der Waals surface area contributed by atoms with Crippen molar-refractivity contribution in [2.45, 2.75) is 78.5 Å². The molecule has 3 aliphatic rings. The molecule has 22 heavy (non-hydrogen) atoms. The van der Waals surface area contributed by atoms with E-state index in [1.54, 1.807) is 0 Å². The van der Waals surface area contributed by atoms with Gasteiger partial charge in [0.25, 0.3) is 0 Å². The van der Waals surface area contributed by atoms with Crippen molar-refractivity contribution in [1.82, 2.24) is 0 Å². The summed E-state index contributed by atoms with van der Waals surface area (Å²) in [7, 11) is 0. The van der Waals surface area contributed by atoms with Crippen LogP contribution in [0.25, 0.3) is 0 Å². The Morgan fingerprint density at radius 2 is 1.64 bits per heavy atom. The van der Waals surface area contributed by atoms with Crippen LogP contribution >= 0.6 is 23.2 Å². The lowest BCUT2D eigenvalue weighted by Crippen LogP contribution is -2.55. The summed E-state index contributed by atoms with van der Waals surface area (Å²) >= 11 is 11.9. The Hall–Kier alpha value is 0.580. The van der Waals surface area contributed by atoms with Gasteiger partial charge in [-0.05, 0) is 73.0 Å². The van der Waals surface area contributed by atoms with Gasteiger partial charge in [-0.2, -0.15) is 0 Å². The molecule has 0 bridgehead atoms. The minimum absolute atomic E-state index is 0.439. The summed E-state index contributed by atoms with van der Waals surface area (Å²) in [5.74, 6) is 6.03. The number of hydrogen-bond acceptors (Lipinski definition) is 0. The predicted molar refractivity (Wildman–Crippen MR) is 99.8 cm³/mol. The zero-order valence-corrected chi connectivity index (χ0v) is 16.8. The second-order valence-corrected chi connectivity index (χ2v) is 9.95. The lowest BCUT2D eigenvalue weighted by Gasteiger charge is -2.60. The van der Waals surface area contributed by atoms with Gasteiger partial charge < -0.3 is 0 Å². The first-order chi connectivity index (χ1) is 10.3. The van der Waals surface area contributed by atoms with E-state index in [1.165, 1.54) is 38.5 Å². The van der Waals surface area contributed by atoms with Gasteiger partial charge in [0.1, 0.15) is 0 Å². The number of rotatable bonds is 0. The lowest BCUT2D eigenvalue weighted by molar-refractivity contribution is -0.0960. The summed E-state index contributed by atoms with van der Waals surface area (Å²) in [6.45, 7) is 11.9. The van der Waals surface area contributed by atoms with Crippen molar-refractivity contribution in [1.29, 1.82) is 0 Å². The van der Waals surface area contributed by atoms with Crippen molar-refractivity contribution in [2.24, 2.45) is 40.9 Å². The van der Waals surface area contributed by atoms with Gasteiger partial charge in [0.05, 0.1) is 0 Å². The summed E-state index contributed by atoms with van der Waals surface area (Å²) < 4.78 is 0. The zero-order chi connectivity index (χ0) is 16.5. The molecule has 0 spiro atoms. The van der Waals surface area contributed by atoms with Crippen LogP contribution in [-0.4, -0.2) is 11.3 Å². The molecule has 0 aromatic rings. The van der Waals surface area contributed by atoms with Crippen molar-refractivity contribution in [3.8, 4) is 0 Å². The van der Waals surface area contributed by atoms with Crippen molar-refractivity contribution in [2.75, 3.05) is 5.88 Å². The van der Waals surface area contributed by atoms with Crippen molar-refractivity contribution in [3.05, 3.63) is 0 Å². The average Bonchev–Trinajstić information content (AvgIpc) is 2.40. The quantitative estimate of drug-likeness (QED) is 0.415. The van der Waals surface area contributed by atoms with E-state index in [-0.39, 0.29) is 0 Å². The van der Waals surface area contributed by atoms with Crippen molar-refractivity contribution in [3.63, 3.8) is 0 Å². The van der Waals surface area contributed by atoms with Crippen LogP contribution in [0.2, 0.25) is 0 Å². The van der Waals surface area contributed by atoms with E-state index in [9.17, 15) is 0 Å². The minimum atomic E-state index is 0.439. The molecule has 0 radical (unpaired) electrons. The van der Waals surface area contributed by atoms with Gasteiger partial charge >= 0.3 is 0 Å². The highest BCUT2D eigenvalue weighted by Gasteiger charge is 2.56. The smallest absolute Gasteiger partial charge is 0.0374 e. The average molecular weight is 347 g/mol. The topological polar surface area (TPSA) is 0 Å². The maximum Gasteiger partial charge on any atom is 0.0374 e. The highest BCUT2D eigenvalue weighted by molar-refractivity contribution is 6.21. The molecule has 2 heteroatoms. The lowest BCUT2D eigenvalue weighted by atomic mass is 9.46. The van der Waals surface area contributed by atoms with Gasteiger partial charge in [-0.25, -0.2) is 0 Å². The van der Waals surface area contributed by atoms with Gasteiger partial charge in [0, 0.05) is 11.3 Å². The zero-order valence-electron chi connectivity index (χ0n) is 15.2. The summed E-state index contributed by atoms with van der Waals surface area (Å²) in [5, 5.41) is 0.439. The molecule has 0 nitrogen and oxygen atoms in total. The monoisotopic (exact) mass is 346 g/mol. The van der Waals surface area contributed by atoms with Crippen LogP contribution in [-0.2, 0) is 0 Å². The molecule has 5 unspecified atom stereocenters. The Morgan fingerprint density at radius 1 is 1.00 bits per heavy atom. The van der Waals surface area contributed by atoms with Crippen molar-refractivity contribution < 1.29 is 0 Å². The normalized spacial score (nSPS) is 51.1. The third-order valence-corrected chi connectivity index (χ3v) is 7.48. The standard InChI is InChI=1S/C18H31Cl.C2H5Cl/c1-11-5-6-14-9-13(3)15-7-12(2)8-16(19)17(15)18(14,4)10-11;1-2-3/h11-17H,5-10H2,1-4H3;2H2,1H3/t11?,12?,13-,14?,15?,16-,17?,18-;/m0./s1. The minimum Gasteiger partial charge on any atom is -0.127 e. The highest BCUT2D eigenvalue weighted by atomic mass is 35.5. The molecular weight excluding hydrogens is 311 g/mol. The second kappa shape index (κ2) is 7.64. The molecule has 8 atom stereocenters. The van der Waals surface area contributed by atoms with E-state index in [0.717, 1.165) is 41.4 Å². The molecule has 3 fully saturated rings. The molecule has 130 valence electrons. The van der Waals surface area contributed by atoms with Crippen LogP contribution in [0, 0.1) is 40.9 Å². The second-order valence-electron chi connectivity index (χ2n) is 8.85. The molecular formula is C20H36Cl2. The number of alkyl halides is 2. The van der Waals surface area contributed by atoms with Gasteiger partial charge in [-0.1, -0.05) is 41.0 Å². The SMILES string of the molecule is CC1CC2C([C@@H](Cl)C1)[C@@]1(C)CC(C)CCC1C[C@@H]2C.CCCl. The van der Waals surface area contributed by atoms with Crippen LogP contribution < -0.4 is 0 Å². The van der Waals surface area contributed by atoms with Crippen LogP contribution in [0.1, 0.15) is 73.1 Å². The summed E-state index contributed by atoms with van der Waals surface area (Å²) in [6, 6.07) is 0. The van der Waals surface area contributed by atoms with E-state index in [0.29, 0.717) is 10.8 Å². The molecule has 3 aliphatic carbocycles. The number of halogens is 2. The molecule has 0 amide bonds. The third kappa shape index (κ3) is 3.64. The molecule has 0 aliphatic heterocycles. The first-order valence-corrected chi connectivity index (χ1v) is 10.5. The Bertz CT molecular complexity index is 356. The van der Waals surface area contributed by atoms with Gasteiger partial charge in [-0.15, -0.1) is 23.2 Å². The Balaban J connectivity index is 0.000000545. The fraction of sp³-hybridized carbons (Fsp3) is 1.00. The molecule has 0 aromatic carbocycles. The fourth-order valence-corrected chi connectivity index (χ4v) is 7.03. The maximum absolute atomic E-state index is 6.91. The molecule has 0 aromatic heterocycles. The van der Waals surface area contributed by atoms with Crippen LogP contribution in [0.4, 0.5) is 0 Å². The Kier molecular flexibility index (Phi) is 6.57. The van der Waals surface area contributed by atoms with Gasteiger partial charge in [-0.3, -0.25) is 0 Å². The van der Waals surface area contributed by atoms with E-state index >= 15 is 0 Å². The largest absolute Gasteiger partial charge is 0.127 e. The van der Waals surface area contributed by atoms with Gasteiger partial charge in [0.15, 0.2) is 0 Å². The third-order valence-electron chi connectivity index (χ3n) is 7.03. The van der Waals surface area contributed by atoms with E-state index in [4.69, 9.17) is 23.2 Å². The highest BCUT2D eigenvalue weighted by Crippen LogP contribution is 2.62. The van der Waals surface area contributed by atoms with Crippen LogP contribution in [0.15, 0.2) is 0 Å². The molecule has 0 saturated heterocycles. The number of fused-ring (bicyclic) bond motifs is 3. The fourth-order valence-electron chi connectivity index (χ4n) is 6.25. The molecule has 3 rings (SSSR count). The Labute approximate surface area is 148 Å². The van der Waals surface area contributed by atoms with E-state index in [2.05, 4.69) is 27.7 Å². The summed E-state index contributed by atoms with van der Waals surface area (Å²) in [6.07, 6.45) is 8.51. The van der Waals surface area contributed by atoms with E-state index in [1.807, 2.05) is 6.92 Å². The van der Waals surface area contributed by atoms with Crippen molar-refractivity contribution >= 4 is 23.2 Å². The van der Waals surface area contributed by atoms with Crippen LogP contribution in [0.3, 0.4) is 0 Å². The van der Waals surface area contributed by atoms with E-state index < -0.39 is 0 Å². The summed E-state index contributed by atoms with van der Waals surface area (Å²) in [4.78, 5) is 0. The van der Waals surface area contributed by atoms with Crippen LogP contribution in [0.5, 0.6) is 0 Å². The van der Waals surface area contributed by atoms with Gasteiger partial charge in [0.2, 0.25) is 0 Å². The number of hydrogen-bond donors (Lipinski definition) is 0. The maximum atomic E-state index is 6.91. The predicted octanol–water partition coefficient (Wildman–Crippen LogP) is 6.98.